The third-order valence-corrected chi connectivity index (χ3v) is 6.87. The molecule has 1 fully saturated rings. The zero-order valence-electron chi connectivity index (χ0n) is 26.5. The molecule has 2 aromatic carbocycles. The van der Waals surface area contributed by atoms with Crippen molar-refractivity contribution in [2.24, 2.45) is 0 Å². The van der Waals surface area contributed by atoms with Gasteiger partial charge in [-0.1, -0.05) is 89.8 Å². The number of hydrogen-bond acceptors (Lipinski definition) is 10. The van der Waals surface area contributed by atoms with Gasteiger partial charge in [-0.25, -0.2) is 15.0 Å². The fourth-order valence-corrected chi connectivity index (χ4v) is 4.81. The maximum atomic E-state index is 11.8. The largest absolute Gasteiger partial charge is 0.374 e. The number of alkyl halides is 1. The number of anilines is 1. The minimum absolute atomic E-state index is 0.0417. The number of Topliss-reactive ketones (excluding diaryl/α,β-unsaturated/α-hetero) is 1. The van der Waals surface area contributed by atoms with E-state index in [0.29, 0.717) is 41.6 Å². The molecular formula is C34H43IN6O5. The number of benzene rings is 2. The highest BCUT2D eigenvalue weighted by Crippen LogP contribution is 2.30. The van der Waals surface area contributed by atoms with E-state index in [0.717, 1.165) is 36.9 Å². The number of hydrogen-bond donors (Lipinski definition) is 4. The molecule has 2 unspecified atom stereocenters. The van der Waals surface area contributed by atoms with E-state index in [1.54, 1.807) is 19.3 Å². The number of rotatable bonds is 12. The van der Waals surface area contributed by atoms with Crippen LogP contribution in [-0.2, 0) is 16.1 Å². The molecule has 0 saturated carbocycles. The van der Waals surface area contributed by atoms with E-state index in [2.05, 4.69) is 54.8 Å². The van der Waals surface area contributed by atoms with E-state index < -0.39 is 6.29 Å². The summed E-state index contributed by atoms with van der Waals surface area (Å²) in [7, 11) is 0. The standard InChI is InChI=1S/C24H30N6O3.C9H10O2.CH3I/c1-4-25-17(3)29-23-22-24(27-14-26-23)30(15-28-22)21-11-7-9-19(33-21)13-32-12-18-8-5-6-10-20(18)16(2)31;10-9(11)7-6-8-4-2-1-3-5-8;1-2/h5-6,8,10,14-15,19,21,25H,3-4,7,9,11-13H2,1-2H3,(H,26,27,29);1-7,9-11H;1H3/b;7-6+;. The van der Waals surface area contributed by atoms with Crippen LogP contribution in [0.1, 0.15) is 60.8 Å². The molecule has 12 heteroatoms. The third kappa shape index (κ3) is 11.3. The van der Waals surface area contributed by atoms with E-state index in [4.69, 9.17) is 19.7 Å². The Morgan fingerprint density at radius 2 is 1.87 bits per heavy atom. The lowest BCUT2D eigenvalue weighted by Gasteiger charge is -2.30. The van der Waals surface area contributed by atoms with Crippen molar-refractivity contribution in [2.75, 3.05) is 23.4 Å². The molecule has 0 amide bonds. The highest BCUT2D eigenvalue weighted by atomic mass is 127. The Labute approximate surface area is 283 Å². The number of carbonyl (C=O) groups excluding carboxylic acids is 1. The normalized spacial score (nSPS) is 15.9. The molecule has 4 aromatic rings. The highest BCUT2D eigenvalue weighted by molar-refractivity contribution is 14.1. The van der Waals surface area contributed by atoms with E-state index >= 15 is 0 Å². The Morgan fingerprint density at radius 1 is 1.13 bits per heavy atom. The second-order valence-corrected chi connectivity index (χ2v) is 10.2. The Balaban J connectivity index is 0.000000373. The van der Waals surface area contributed by atoms with Gasteiger partial charge in [0.05, 0.1) is 31.5 Å². The summed E-state index contributed by atoms with van der Waals surface area (Å²) in [5.74, 6) is 1.30. The molecule has 0 spiro atoms. The number of ether oxygens (including phenoxy) is 2. The SMILES string of the molecule is C=C(NCC)Nc1ncnc2c1ncn2C1CCCC(COCc2ccccc2C(C)=O)O1.CI.OC(O)/C=C/c1ccccc1. The summed E-state index contributed by atoms with van der Waals surface area (Å²) in [6.07, 6.45) is 7.44. The summed E-state index contributed by atoms with van der Waals surface area (Å²) >= 11 is 2.15. The van der Waals surface area contributed by atoms with Gasteiger partial charge < -0.3 is 30.3 Å². The molecule has 3 heterocycles. The van der Waals surface area contributed by atoms with Gasteiger partial charge in [-0.2, -0.15) is 0 Å². The number of aliphatic hydroxyl groups is 2. The molecule has 0 bridgehead atoms. The number of carbonyl (C=O) groups is 1. The first kappa shape index (κ1) is 36.8. The molecule has 0 radical (unpaired) electrons. The Morgan fingerprint density at radius 3 is 2.59 bits per heavy atom. The first-order chi connectivity index (χ1) is 22.4. The van der Waals surface area contributed by atoms with Crippen molar-refractivity contribution < 1.29 is 24.5 Å². The van der Waals surface area contributed by atoms with Gasteiger partial charge in [0.1, 0.15) is 12.6 Å². The molecule has 1 aliphatic rings. The number of aromatic nitrogens is 4. The Hall–Kier alpha value is -3.69. The second kappa shape index (κ2) is 19.7. The molecule has 0 aliphatic carbocycles. The first-order valence-electron chi connectivity index (χ1n) is 15.0. The smallest absolute Gasteiger partial charge is 0.171 e. The van der Waals surface area contributed by atoms with Crippen LogP contribution in [-0.4, -0.2) is 66.0 Å². The number of nitrogens with one attached hydrogen (secondary N) is 2. The van der Waals surface area contributed by atoms with Crippen LogP contribution in [0.3, 0.4) is 0 Å². The van der Waals surface area contributed by atoms with Crippen LogP contribution in [0, 0.1) is 0 Å². The van der Waals surface area contributed by atoms with Crippen molar-refractivity contribution in [3.8, 4) is 0 Å². The van der Waals surface area contributed by atoms with Gasteiger partial charge >= 0.3 is 0 Å². The lowest BCUT2D eigenvalue weighted by atomic mass is 10.1. The number of nitrogens with zero attached hydrogens (tertiary/aromatic N) is 4. The molecule has 1 saturated heterocycles. The van der Waals surface area contributed by atoms with Crippen LogP contribution in [0.2, 0.25) is 0 Å². The van der Waals surface area contributed by atoms with Crippen LogP contribution in [0.4, 0.5) is 5.82 Å². The van der Waals surface area contributed by atoms with Crippen molar-refractivity contribution in [2.45, 2.75) is 58.3 Å². The average molecular weight is 743 g/mol. The maximum absolute atomic E-state index is 11.8. The molecular weight excluding hydrogens is 699 g/mol. The van der Waals surface area contributed by atoms with E-state index in [1.165, 1.54) is 12.4 Å². The monoisotopic (exact) mass is 742 g/mol. The number of ketones is 1. The predicted octanol–water partition coefficient (Wildman–Crippen LogP) is 5.87. The number of aliphatic hydroxyl groups excluding tert-OH is 1. The van der Waals surface area contributed by atoms with Crippen molar-refractivity contribution in [3.05, 3.63) is 102 Å². The summed E-state index contributed by atoms with van der Waals surface area (Å²) in [6, 6.07) is 17.0. The van der Waals surface area contributed by atoms with E-state index in [1.807, 2.05) is 71.0 Å². The lowest BCUT2D eigenvalue weighted by Crippen LogP contribution is -2.29. The van der Waals surface area contributed by atoms with Crippen LogP contribution >= 0.6 is 22.6 Å². The molecule has 46 heavy (non-hydrogen) atoms. The van der Waals surface area contributed by atoms with E-state index in [-0.39, 0.29) is 18.1 Å². The van der Waals surface area contributed by atoms with Gasteiger partial charge in [-0.15, -0.1) is 0 Å². The summed E-state index contributed by atoms with van der Waals surface area (Å²) in [5.41, 5.74) is 3.93. The number of imidazole rings is 1. The highest BCUT2D eigenvalue weighted by Gasteiger charge is 2.26. The number of halogens is 1. The molecule has 246 valence electrons. The van der Waals surface area contributed by atoms with Crippen molar-refractivity contribution in [1.82, 2.24) is 24.8 Å². The van der Waals surface area contributed by atoms with E-state index in [9.17, 15) is 4.79 Å². The molecule has 11 nitrogen and oxygen atoms in total. The first-order valence-corrected chi connectivity index (χ1v) is 17.2. The topological polar surface area (TPSA) is 144 Å². The van der Waals surface area contributed by atoms with Gasteiger partial charge in [0, 0.05) is 12.1 Å². The summed E-state index contributed by atoms with van der Waals surface area (Å²) in [5, 5.41) is 23.2. The van der Waals surface area contributed by atoms with Gasteiger partial charge in [0.25, 0.3) is 0 Å². The minimum atomic E-state index is -1.37. The molecule has 1 aliphatic heterocycles. The fourth-order valence-electron chi connectivity index (χ4n) is 4.81. The Bertz CT molecular complexity index is 1550. The van der Waals surface area contributed by atoms with Gasteiger partial charge in [-0.05, 0) is 55.2 Å². The minimum Gasteiger partial charge on any atom is -0.374 e. The van der Waals surface area contributed by atoms with Crippen LogP contribution in [0.15, 0.2) is 85.7 Å². The van der Waals surface area contributed by atoms with Crippen molar-refractivity contribution in [1.29, 1.82) is 0 Å². The quantitative estimate of drug-likeness (QED) is 0.0603. The summed E-state index contributed by atoms with van der Waals surface area (Å²) < 4.78 is 14.2. The van der Waals surface area contributed by atoms with Gasteiger partial charge in [-0.3, -0.25) is 9.36 Å². The third-order valence-electron chi connectivity index (χ3n) is 6.87. The number of fused-ring (bicyclic) bond motifs is 1. The fraction of sp³-hybridized carbons (Fsp3) is 0.353. The second-order valence-electron chi connectivity index (χ2n) is 10.2. The predicted molar refractivity (Wildman–Crippen MR) is 189 cm³/mol. The summed E-state index contributed by atoms with van der Waals surface area (Å²) in [4.78, 5) is 27.1. The molecule has 2 atom stereocenters. The zero-order valence-corrected chi connectivity index (χ0v) is 28.6. The summed E-state index contributed by atoms with van der Waals surface area (Å²) in [6.45, 7) is 9.11. The molecule has 5 rings (SSSR count). The molecule has 2 aromatic heterocycles. The van der Waals surface area contributed by atoms with Crippen LogP contribution < -0.4 is 10.6 Å². The van der Waals surface area contributed by atoms with Gasteiger partial charge in [0.2, 0.25) is 0 Å². The Kier molecular flexibility index (Phi) is 15.8. The lowest BCUT2D eigenvalue weighted by molar-refractivity contribution is -0.118. The zero-order chi connectivity index (χ0) is 33.3. The average Bonchev–Trinajstić information content (AvgIpc) is 3.51. The molecule has 4 N–H and O–H groups in total. The van der Waals surface area contributed by atoms with Crippen molar-refractivity contribution >= 4 is 51.4 Å². The van der Waals surface area contributed by atoms with Crippen LogP contribution in [0.25, 0.3) is 17.2 Å². The van der Waals surface area contributed by atoms with Crippen molar-refractivity contribution in [3.63, 3.8) is 0 Å². The van der Waals surface area contributed by atoms with Crippen LogP contribution in [0.5, 0.6) is 0 Å². The maximum Gasteiger partial charge on any atom is 0.171 e. The van der Waals surface area contributed by atoms with Gasteiger partial charge in [0.15, 0.2) is 29.1 Å².